The van der Waals surface area contributed by atoms with Crippen molar-refractivity contribution >= 4 is 34.3 Å². The smallest absolute Gasteiger partial charge is 0.226 e. The Morgan fingerprint density at radius 3 is 2.27 bits per heavy atom. The number of fused-ring (bicyclic) bond motifs is 1. The highest BCUT2D eigenvalue weighted by Crippen LogP contribution is 2.23. The second-order valence-electron chi connectivity index (χ2n) is 7.94. The van der Waals surface area contributed by atoms with Crippen LogP contribution in [-0.4, -0.2) is 39.3 Å². The average molecular weight is 461 g/mol. The van der Waals surface area contributed by atoms with Crippen LogP contribution in [0.3, 0.4) is 0 Å². The molecule has 3 aromatic carbocycles. The Labute approximate surface area is 197 Å². The fourth-order valence-electron chi connectivity index (χ4n) is 3.87. The van der Waals surface area contributed by atoms with Gasteiger partial charge in [0.1, 0.15) is 0 Å². The van der Waals surface area contributed by atoms with Crippen LogP contribution in [0.4, 0.5) is 0 Å². The number of ketones is 1. The summed E-state index contributed by atoms with van der Waals surface area (Å²) < 4.78 is 3.44. The summed E-state index contributed by atoms with van der Waals surface area (Å²) in [6.45, 7) is 0.845. The molecule has 0 aliphatic rings. The number of likely N-dealkylation sites (N-methyl/N-ethyl adjacent to an activating group) is 1. The van der Waals surface area contributed by atoms with Gasteiger partial charge in [-0.25, -0.2) is 0 Å². The molecular weight excluding hydrogens is 436 g/mol. The Balaban J connectivity index is 1.57. The van der Waals surface area contributed by atoms with Gasteiger partial charge in [-0.2, -0.15) is 0 Å². The van der Waals surface area contributed by atoms with E-state index in [-0.39, 0.29) is 23.9 Å². The molecule has 1 heterocycles. The standard InChI is InChI=1S/C26H25ClN4O2/c1-29(24(33)17-19-9-4-2-5-10-19)15-16-30-25-21(27)13-8-14-22(25)31(26(30)28)18-23(32)20-11-6-3-7-12-20/h2-14,28H,15-18H2,1H3. The van der Waals surface area contributed by atoms with Crippen LogP contribution < -0.4 is 5.62 Å². The molecule has 0 saturated carbocycles. The summed E-state index contributed by atoms with van der Waals surface area (Å²) >= 11 is 6.50. The number of nitrogens with one attached hydrogen (secondary N) is 1. The molecule has 0 atom stereocenters. The van der Waals surface area contributed by atoms with E-state index in [0.717, 1.165) is 11.1 Å². The van der Waals surface area contributed by atoms with Crippen LogP contribution >= 0.6 is 11.6 Å². The van der Waals surface area contributed by atoms with E-state index in [2.05, 4.69) is 0 Å². The average Bonchev–Trinajstić information content (AvgIpc) is 3.10. The Morgan fingerprint density at radius 1 is 0.909 bits per heavy atom. The zero-order valence-electron chi connectivity index (χ0n) is 18.4. The Morgan fingerprint density at radius 2 is 1.58 bits per heavy atom. The maximum atomic E-state index is 12.8. The first-order valence-corrected chi connectivity index (χ1v) is 11.1. The van der Waals surface area contributed by atoms with Gasteiger partial charge in [-0.15, -0.1) is 0 Å². The third-order valence-electron chi connectivity index (χ3n) is 5.72. The van der Waals surface area contributed by atoms with Gasteiger partial charge in [0.05, 0.1) is 29.0 Å². The largest absolute Gasteiger partial charge is 0.344 e. The van der Waals surface area contributed by atoms with Gasteiger partial charge in [0.15, 0.2) is 5.78 Å². The number of hydrogen-bond acceptors (Lipinski definition) is 3. The fourth-order valence-corrected chi connectivity index (χ4v) is 4.14. The van der Waals surface area contributed by atoms with E-state index in [4.69, 9.17) is 17.0 Å². The van der Waals surface area contributed by atoms with Gasteiger partial charge < -0.3 is 14.0 Å². The minimum absolute atomic E-state index is 0.00224. The van der Waals surface area contributed by atoms with E-state index in [1.54, 1.807) is 39.3 Å². The Kier molecular flexibility index (Phi) is 6.75. The molecule has 33 heavy (non-hydrogen) atoms. The maximum absolute atomic E-state index is 12.8. The number of halogens is 1. The summed E-state index contributed by atoms with van der Waals surface area (Å²) in [6, 6.07) is 24.1. The number of imidazole rings is 1. The van der Waals surface area contributed by atoms with Gasteiger partial charge >= 0.3 is 0 Å². The minimum atomic E-state index is -0.0803. The third-order valence-corrected chi connectivity index (χ3v) is 6.02. The van der Waals surface area contributed by atoms with Crippen molar-refractivity contribution in [2.45, 2.75) is 19.5 Å². The van der Waals surface area contributed by atoms with Crippen LogP contribution in [-0.2, 0) is 24.3 Å². The lowest BCUT2D eigenvalue weighted by Gasteiger charge is -2.18. The van der Waals surface area contributed by atoms with Crippen molar-refractivity contribution in [1.29, 1.82) is 5.41 Å². The van der Waals surface area contributed by atoms with E-state index >= 15 is 0 Å². The summed E-state index contributed by atoms with van der Waals surface area (Å²) in [5.74, 6) is -0.0781. The van der Waals surface area contributed by atoms with Crippen LogP contribution in [0, 0.1) is 5.41 Å². The highest BCUT2D eigenvalue weighted by molar-refractivity contribution is 6.35. The number of rotatable bonds is 8. The third kappa shape index (κ3) is 4.91. The quantitative estimate of drug-likeness (QED) is 0.401. The molecule has 1 N–H and O–H groups in total. The van der Waals surface area contributed by atoms with Crippen LogP contribution in [0.5, 0.6) is 0 Å². The SMILES string of the molecule is CN(CCn1c(=N)n(CC(=O)c2ccccc2)c2cccc(Cl)c21)C(=O)Cc1ccccc1. The number of hydrogen-bond donors (Lipinski definition) is 1. The normalized spacial score (nSPS) is 11.0. The highest BCUT2D eigenvalue weighted by atomic mass is 35.5. The van der Waals surface area contributed by atoms with Crippen molar-refractivity contribution in [3.05, 3.63) is 101 Å². The monoisotopic (exact) mass is 460 g/mol. The Hall–Kier alpha value is -3.64. The van der Waals surface area contributed by atoms with Crippen molar-refractivity contribution < 1.29 is 9.59 Å². The number of carbonyl (C=O) groups is 2. The molecule has 0 aliphatic heterocycles. The van der Waals surface area contributed by atoms with Crippen molar-refractivity contribution in [2.24, 2.45) is 0 Å². The van der Waals surface area contributed by atoms with Crippen LogP contribution in [0.25, 0.3) is 11.0 Å². The lowest BCUT2D eigenvalue weighted by atomic mass is 10.1. The van der Waals surface area contributed by atoms with E-state index in [9.17, 15) is 9.59 Å². The predicted octanol–water partition coefficient (Wildman–Crippen LogP) is 4.16. The van der Waals surface area contributed by atoms with E-state index in [0.29, 0.717) is 35.6 Å². The molecule has 1 aromatic heterocycles. The van der Waals surface area contributed by atoms with Crippen molar-refractivity contribution in [3.63, 3.8) is 0 Å². The van der Waals surface area contributed by atoms with Crippen molar-refractivity contribution in [1.82, 2.24) is 14.0 Å². The summed E-state index contributed by atoms with van der Waals surface area (Å²) in [4.78, 5) is 27.1. The molecule has 6 nitrogen and oxygen atoms in total. The summed E-state index contributed by atoms with van der Waals surface area (Å²) in [5.41, 5.74) is 3.14. The molecule has 1 amide bonds. The Bertz CT molecular complexity index is 1340. The number of nitrogens with zero attached hydrogens (tertiary/aromatic N) is 3. The maximum Gasteiger partial charge on any atom is 0.226 e. The van der Waals surface area contributed by atoms with Crippen LogP contribution in [0.2, 0.25) is 5.02 Å². The molecular formula is C26H25ClN4O2. The first-order valence-electron chi connectivity index (χ1n) is 10.7. The van der Waals surface area contributed by atoms with E-state index in [1.165, 1.54) is 0 Å². The second kappa shape index (κ2) is 9.88. The summed E-state index contributed by atoms with van der Waals surface area (Å²) in [6.07, 6.45) is 0.323. The van der Waals surface area contributed by atoms with Crippen LogP contribution in [0.15, 0.2) is 78.9 Å². The molecule has 0 unspecified atom stereocenters. The highest BCUT2D eigenvalue weighted by Gasteiger charge is 2.18. The molecule has 0 fully saturated rings. The molecule has 0 spiro atoms. The molecule has 4 aromatic rings. The van der Waals surface area contributed by atoms with Gasteiger partial charge in [-0.05, 0) is 17.7 Å². The first kappa shape index (κ1) is 22.6. The van der Waals surface area contributed by atoms with Gasteiger partial charge in [-0.3, -0.25) is 15.0 Å². The van der Waals surface area contributed by atoms with E-state index < -0.39 is 0 Å². The summed E-state index contributed by atoms with van der Waals surface area (Å²) in [7, 11) is 1.76. The lowest BCUT2D eigenvalue weighted by molar-refractivity contribution is -0.129. The second-order valence-corrected chi connectivity index (χ2v) is 8.34. The van der Waals surface area contributed by atoms with E-state index in [1.807, 2.05) is 60.7 Å². The number of aromatic nitrogens is 2. The minimum Gasteiger partial charge on any atom is -0.344 e. The zero-order valence-corrected chi connectivity index (χ0v) is 19.1. The molecule has 4 rings (SSSR count). The number of carbonyl (C=O) groups excluding carboxylic acids is 2. The van der Waals surface area contributed by atoms with Crippen LogP contribution in [0.1, 0.15) is 15.9 Å². The zero-order chi connectivity index (χ0) is 23.4. The molecule has 0 bridgehead atoms. The van der Waals surface area contributed by atoms with Gasteiger partial charge in [-0.1, -0.05) is 78.3 Å². The number of benzene rings is 3. The molecule has 7 heteroatoms. The number of para-hydroxylation sites is 1. The lowest BCUT2D eigenvalue weighted by Crippen LogP contribution is -2.34. The molecule has 0 aliphatic carbocycles. The molecule has 0 saturated heterocycles. The van der Waals surface area contributed by atoms with Gasteiger partial charge in [0.25, 0.3) is 0 Å². The van der Waals surface area contributed by atoms with Crippen molar-refractivity contribution in [2.75, 3.05) is 13.6 Å². The molecule has 0 radical (unpaired) electrons. The van der Waals surface area contributed by atoms with Gasteiger partial charge in [0, 0.05) is 25.7 Å². The molecule has 168 valence electrons. The topological polar surface area (TPSA) is 71.1 Å². The van der Waals surface area contributed by atoms with Crippen molar-refractivity contribution in [3.8, 4) is 0 Å². The predicted molar refractivity (Wildman–Crippen MR) is 129 cm³/mol. The summed E-state index contributed by atoms with van der Waals surface area (Å²) in [5, 5.41) is 9.27. The number of Topliss-reactive ketones (excluding diaryl/α,β-unsaturated/α-hetero) is 1. The number of amides is 1. The van der Waals surface area contributed by atoms with Gasteiger partial charge in [0.2, 0.25) is 11.5 Å². The fraction of sp³-hybridized carbons (Fsp3) is 0.192. The first-order chi connectivity index (χ1) is 16.0.